The SMILES string of the molecule is CC(=O)C(Oc1cc(C(=O)CNC(=O)c2sc3c(c2Cc2ccccc2)CNCC3)ccc1O)C(=O)OC(=O)C(F)(F)F. The number of benzene rings is 2. The lowest BCUT2D eigenvalue weighted by Gasteiger charge is -2.16. The van der Waals surface area contributed by atoms with Gasteiger partial charge in [0.15, 0.2) is 23.1 Å². The number of aromatic hydroxyl groups is 1. The average molecular weight is 619 g/mol. The molecule has 0 bridgehead atoms. The Morgan fingerprint density at radius 3 is 2.49 bits per heavy atom. The zero-order chi connectivity index (χ0) is 31.3. The van der Waals surface area contributed by atoms with Gasteiger partial charge in [-0.15, -0.1) is 11.3 Å². The van der Waals surface area contributed by atoms with Crippen molar-refractivity contribution in [2.24, 2.45) is 0 Å². The summed E-state index contributed by atoms with van der Waals surface area (Å²) in [6.45, 7) is 1.72. The van der Waals surface area contributed by atoms with Gasteiger partial charge in [0, 0.05) is 23.5 Å². The van der Waals surface area contributed by atoms with Gasteiger partial charge in [-0.05, 0) is 54.7 Å². The molecule has 0 aliphatic carbocycles. The van der Waals surface area contributed by atoms with Crippen LogP contribution >= 0.6 is 11.3 Å². The van der Waals surface area contributed by atoms with E-state index in [1.165, 1.54) is 17.4 Å². The largest absolute Gasteiger partial charge is 0.504 e. The summed E-state index contributed by atoms with van der Waals surface area (Å²) in [5, 5.41) is 16.0. The van der Waals surface area contributed by atoms with E-state index in [0.29, 0.717) is 17.8 Å². The number of halogens is 3. The minimum atomic E-state index is -5.50. The molecule has 2 heterocycles. The van der Waals surface area contributed by atoms with Gasteiger partial charge in [-0.2, -0.15) is 13.2 Å². The minimum Gasteiger partial charge on any atom is -0.504 e. The Hall–Kier alpha value is -4.56. The third-order valence-electron chi connectivity index (χ3n) is 6.40. The Morgan fingerprint density at radius 2 is 1.81 bits per heavy atom. The molecule has 10 nitrogen and oxygen atoms in total. The summed E-state index contributed by atoms with van der Waals surface area (Å²) in [6, 6.07) is 12.7. The summed E-state index contributed by atoms with van der Waals surface area (Å²) in [5.74, 6) is -8.32. The molecule has 0 saturated heterocycles. The lowest BCUT2D eigenvalue weighted by atomic mass is 9.97. The number of amides is 1. The predicted octanol–water partition coefficient (Wildman–Crippen LogP) is 3.27. The summed E-state index contributed by atoms with van der Waals surface area (Å²) < 4.78 is 46.1. The number of thiophene rings is 1. The highest BCUT2D eigenvalue weighted by molar-refractivity contribution is 7.14. The Morgan fingerprint density at radius 1 is 1.09 bits per heavy atom. The first-order valence-corrected chi connectivity index (χ1v) is 13.7. The van der Waals surface area contributed by atoms with Crippen molar-refractivity contribution in [3.8, 4) is 11.5 Å². The highest BCUT2D eigenvalue weighted by Gasteiger charge is 2.44. The first-order chi connectivity index (χ1) is 20.3. The number of rotatable bonds is 10. The van der Waals surface area contributed by atoms with Gasteiger partial charge in [0.1, 0.15) is 0 Å². The molecule has 4 rings (SSSR count). The van der Waals surface area contributed by atoms with Gasteiger partial charge >= 0.3 is 18.1 Å². The van der Waals surface area contributed by atoms with Crippen molar-refractivity contribution in [2.45, 2.75) is 38.6 Å². The third kappa shape index (κ3) is 7.64. The molecular formula is C29H25F3N2O8S. The average Bonchev–Trinajstić information content (AvgIpc) is 3.33. The quantitative estimate of drug-likeness (QED) is 0.177. The fraction of sp³-hybridized carbons (Fsp3) is 0.276. The van der Waals surface area contributed by atoms with E-state index < -0.39 is 59.7 Å². The number of ketones is 2. The standard InChI is InChI=1S/C29H25F3N2O8S/c1-15(35)24(27(39)42-28(40)29(30,31)32)41-22-12-17(7-8-20(22)36)21(37)14-34-26(38)25-18(11-16-5-3-2-4-6-16)19-13-33-10-9-23(19)43-25/h2-8,12,24,33,36H,9-11,13-14H2,1H3,(H,34,38). The number of carbonyl (C=O) groups excluding carboxylic acids is 5. The van der Waals surface area contributed by atoms with Crippen molar-refractivity contribution >= 4 is 40.7 Å². The Balaban J connectivity index is 1.47. The summed E-state index contributed by atoms with van der Waals surface area (Å²) in [5.41, 5.74) is 2.84. The summed E-state index contributed by atoms with van der Waals surface area (Å²) in [4.78, 5) is 62.6. The van der Waals surface area contributed by atoms with Gasteiger partial charge in [0.25, 0.3) is 12.0 Å². The number of Topliss-reactive ketones (excluding diaryl/α,β-unsaturated/α-hetero) is 2. The molecule has 3 N–H and O–H groups in total. The number of phenols is 1. The Labute approximate surface area is 246 Å². The maximum absolute atomic E-state index is 13.2. The van der Waals surface area contributed by atoms with Crippen LogP contribution < -0.4 is 15.4 Å². The minimum absolute atomic E-state index is 0.116. The fourth-order valence-electron chi connectivity index (χ4n) is 4.30. The monoisotopic (exact) mass is 618 g/mol. The number of phenolic OH excluding ortho intramolecular Hbond substituents is 1. The molecule has 43 heavy (non-hydrogen) atoms. The number of carbonyl (C=O) groups is 5. The molecule has 2 aromatic carbocycles. The second kappa shape index (κ2) is 13.2. The number of hydrogen-bond acceptors (Lipinski definition) is 10. The van der Waals surface area contributed by atoms with Crippen LogP contribution in [0, 0.1) is 0 Å². The van der Waals surface area contributed by atoms with E-state index in [0.717, 1.165) is 53.6 Å². The molecule has 1 atom stereocenters. The molecular weight excluding hydrogens is 593 g/mol. The smallest absolute Gasteiger partial charge is 0.491 e. The molecule has 0 radical (unpaired) electrons. The Kier molecular flexibility index (Phi) is 9.61. The maximum atomic E-state index is 13.2. The molecule has 1 aliphatic heterocycles. The second-order valence-electron chi connectivity index (χ2n) is 9.50. The van der Waals surface area contributed by atoms with E-state index in [1.54, 1.807) is 0 Å². The summed E-state index contributed by atoms with van der Waals surface area (Å²) in [7, 11) is 0. The zero-order valence-corrected chi connectivity index (χ0v) is 23.4. The van der Waals surface area contributed by atoms with E-state index in [1.807, 2.05) is 30.3 Å². The Bertz CT molecular complexity index is 1570. The van der Waals surface area contributed by atoms with Crippen molar-refractivity contribution in [1.29, 1.82) is 0 Å². The molecule has 14 heteroatoms. The topological polar surface area (TPSA) is 148 Å². The molecule has 0 saturated carbocycles. The first kappa shape index (κ1) is 31.4. The van der Waals surface area contributed by atoms with Crippen LogP contribution in [0.1, 0.15) is 48.5 Å². The molecule has 0 fully saturated rings. The van der Waals surface area contributed by atoms with Crippen LogP contribution in [0.4, 0.5) is 13.2 Å². The van der Waals surface area contributed by atoms with Gasteiger partial charge in [-0.3, -0.25) is 14.4 Å². The zero-order valence-electron chi connectivity index (χ0n) is 22.6. The van der Waals surface area contributed by atoms with E-state index in [-0.39, 0.29) is 5.56 Å². The second-order valence-corrected chi connectivity index (χ2v) is 10.6. The number of nitrogens with one attached hydrogen (secondary N) is 2. The number of ether oxygens (including phenoxy) is 2. The summed E-state index contributed by atoms with van der Waals surface area (Å²) >= 11 is 1.37. The predicted molar refractivity (Wildman–Crippen MR) is 146 cm³/mol. The number of alkyl halides is 3. The molecule has 1 aromatic heterocycles. The lowest BCUT2D eigenvalue weighted by Crippen LogP contribution is -2.39. The van der Waals surface area contributed by atoms with Gasteiger partial charge < -0.3 is 25.2 Å². The van der Waals surface area contributed by atoms with E-state index >= 15 is 0 Å². The van der Waals surface area contributed by atoms with Crippen molar-refractivity contribution < 1.29 is 51.7 Å². The lowest BCUT2D eigenvalue weighted by molar-refractivity contribution is -0.203. The number of fused-ring (bicyclic) bond motifs is 1. The van der Waals surface area contributed by atoms with Crippen molar-refractivity contribution in [1.82, 2.24) is 10.6 Å². The van der Waals surface area contributed by atoms with E-state index in [2.05, 4.69) is 15.4 Å². The normalized spacial score (nSPS) is 13.4. The maximum Gasteiger partial charge on any atom is 0.491 e. The van der Waals surface area contributed by atoms with Gasteiger partial charge in [-0.25, -0.2) is 9.59 Å². The summed E-state index contributed by atoms with van der Waals surface area (Å²) in [6.07, 6.45) is -6.55. The molecule has 1 unspecified atom stereocenters. The van der Waals surface area contributed by atoms with Crippen LogP contribution in [0.25, 0.3) is 0 Å². The molecule has 1 amide bonds. The van der Waals surface area contributed by atoms with Gasteiger partial charge in [0.05, 0.1) is 11.4 Å². The third-order valence-corrected chi connectivity index (χ3v) is 7.74. The number of esters is 2. The number of hydrogen-bond donors (Lipinski definition) is 3. The molecule has 0 spiro atoms. The first-order valence-electron chi connectivity index (χ1n) is 12.9. The van der Waals surface area contributed by atoms with Crippen molar-refractivity contribution in [2.75, 3.05) is 13.1 Å². The molecule has 226 valence electrons. The highest BCUT2D eigenvalue weighted by atomic mass is 32.1. The van der Waals surface area contributed by atoms with Crippen LogP contribution in [-0.4, -0.2) is 59.9 Å². The molecule has 3 aromatic rings. The van der Waals surface area contributed by atoms with E-state index in [9.17, 15) is 42.3 Å². The highest BCUT2D eigenvalue weighted by Crippen LogP contribution is 2.33. The van der Waals surface area contributed by atoms with Crippen molar-refractivity contribution in [3.05, 3.63) is 80.5 Å². The van der Waals surface area contributed by atoms with Crippen LogP contribution in [0.2, 0.25) is 0 Å². The van der Waals surface area contributed by atoms with Gasteiger partial charge in [-0.1, -0.05) is 30.3 Å². The van der Waals surface area contributed by atoms with Crippen LogP contribution in [0.3, 0.4) is 0 Å². The van der Waals surface area contributed by atoms with Crippen molar-refractivity contribution in [3.63, 3.8) is 0 Å². The van der Waals surface area contributed by atoms with E-state index in [4.69, 9.17) is 4.74 Å². The fourth-order valence-corrected chi connectivity index (χ4v) is 5.55. The van der Waals surface area contributed by atoms with Crippen LogP contribution in [-0.2, 0) is 38.5 Å². The molecule has 1 aliphatic rings. The van der Waals surface area contributed by atoms with Gasteiger partial charge in [0.2, 0.25) is 0 Å². The van der Waals surface area contributed by atoms with Crippen LogP contribution in [0.5, 0.6) is 11.5 Å². The van der Waals surface area contributed by atoms with Crippen LogP contribution in [0.15, 0.2) is 48.5 Å².